The van der Waals surface area contributed by atoms with Gasteiger partial charge in [0.05, 0.1) is 0 Å². The minimum atomic E-state index is -0.902. The highest BCUT2D eigenvalue weighted by Crippen LogP contribution is 2.40. The molecule has 4 N–H and O–H groups in total. The Labute approximate surface area is 177 Å². The third-order valence-corrected chi connectivity index (χ3v) is 5.94. The van der Waals surface area contributed by atoms with E-state index in [9.17, 15) is 4.79 Å². The van der Waals surface area contributed by atoms with E-state index in [2.05, 4.69) is 29.3 Å². The number of aryl methyl sites for hydroxylation is 1. The number of carbonyl (C=O) groups is 1. The third-order valence-electron chi connectivity index (χ3n) is 5.94. The van der Waals surface area contributed by atoms with E-state index in [1.165, 1.54) is 11.1 Å². The van der Waals surface area contributed by atoms with Gasteiger partial charge in [0.2, 0.25) is 0 Å². The van der Waals surface area contributed by atoms with Crippen LogP contribution in [0, 0.1) is 0 Å². The number of esters is 1. The molecule has 2 aliphatic rings. The number of aliphatic imine (C=N–C) groups is 1. The predicted octanol–water partition coefficient (Wildman–Crippen LogP) is 3.90. The topological polar surface area (TPSA) is 99.9 Å². The molecule has 0 saturated heterocycles. The van der Waals surface area contributed by atoms with Gasteiger partial charge in [-0.15, -0.1) is 0 Å². The summed E-state index contributed by atoms with van der Waals surface area (Å²) in [7, 11) is 0. The summed E-state index contributed by atoms with van der Waals surface area (Å²) in [6.45, 7) is 5.74. The lowest BCUT2D eigenvalue weighted by Crippen LogP contribution is -2.35. The minimum absolute atomic E-state index is 0.275. The second-order valence-corrected chi connectivity index (χ2v) is 8.82. The van der Waals surface area contributed by atoms with Crippen LogP contribution in [0.25, 0.3) is 0 Å². The molecular formula is C24H29N3O3. The van der Waals surface area contributed by atoms with Crippen molar-refractivity contribution in [1.82, 2.24) is 0 Å². The summed E-state index contributed by atoms with van der Waals surface area (Å²) in [4.78, 5) is 17.2. The molecule has 0 amide bonds. The van der Waals surface area contributed by atoms with Crippen LogP contribution in [0.2, 0.25) is 0 Å². The Balaban J connectivity index is 1.44. The molecule has 2 aromatic carbocycles. The summed E-state index contributed by atoms with van der Waals surface area (Å²) < 4.78 is 11.6. The fourth-order valence-electron chi connectivity index (χ4n) is 4.36. The molecule has 6 nitrogen and oxygen atoms in total. The number of amidine groups is 1. The Morgan fingerprint density at radius 2 is 2.07 bits per heavy atom. The average Bonchev–Trinajstić information content (AvgIpc) is 3.10. The van der Waals surface area contributed by atoms with Crippen molar-refractivity contribution in [2.75, 3.05) is 0 Å². The summed E-state index contributed by atoms with van der Waals surface area (Å²) in [6.07, 6.45) is 2.64. The first kappa shape index (κ1) is 20.4. The molecule has 3 atom stereocenters. The molecule has 2 aromatic rings. The number of fused-ring (bicyclic) bond motifs is 2. The first-order valence-corrected chi connectivity index (χ1v) is 10.4. The number of nitrogens with zero attached hydrogens (tertiary/aromatic N) is 1. The molecule has 158 valence electrons. The molecule has 0 bridgehead atoms. The van der Waals surface area contributed by atoms with Crippen LogP contribution >= 0.6 is 0 Å². The Hall–Kier alpha value is -2.86. The monoisotopic (exact) mass is 407 g/mol. The molecule has 1 heterocycles. The van der Waals surface area contributed by atoms with Crippen molar-refractivity contribution < 1.29 is 14.3 Å². The summed E-state index contributed by atoms with van der Waals surface area (Å²) in [6, 6.07) is 12.9. The molecule has 0 fully saturated rings. The zero-order valence-electron chi connectivity index (χ0n) is 17.7. The second-order valence-electron chi connectivity index (χ2n) is 8.82. The van der Waals surface area contributed by atoms with E-state index in [1.54, 1.807) is 18.2 Å². The van der Waals surface area contributed by atoms with Crippen molar-refractivity contribution in [2.45, 2.75) is 63.7 Å². The predicted molar refractivity (Wildman–Crippen MR) is 117 cm³/mol. The summed E-state index contributed by atoms with van der Waals surface area (Å²) in [5.41, 5.74) is 15.4. The maximum atomic E-state index is 12.8. The van der Waals surface area contributed by atoms with Crippen LogP contribution in [-0.2, 0) is 16.0 Å². The van der Waals surface area contributed by atoms with Crippen molar-refractivity contribution in [2.24, 2.45) is 16.5 Å². The van der Waals surface area contributed by atoms with Gasteiger partial charge in [0.1, 0.15) is 28.9 Å². The molecule has 0 aromatic heterocycles. The molecule has 3 unspecified atom stereocenters. The van der Waals surface area contributed by atoms with Gasteiger partial charge in [-0.3, -0.25) is 0 Å². The van der Waals surface area contributed by atoms with E-state index >= 15 is 0 Å². The molecular weight excluding hydrogens is 378 g/mol. The Bertz CT molecular complexity index is 999. The number of ether oxygens (including phenoxy) is 2. The van der Waals surface area contributed by atoms with Gasteiger partial charge in [-0.1, -0.05) is 30.3 Å². The van der Waals surface area contributed by atoms with Crippen LogP contribution < -0.4 is 16.2 Å². The highest BCUT2D eigenvalue weighted by Gasteiger charge is 2.33. The summed E-state index contributed by atoms with van der Waals surface area (Å²) in [5, 5.41) is 0. The zero-order chi connectivity index (χ0) is 21.5. The third kappa shape index (κ3) is 4.05. The molecule has 1 aliphatic heterocycles. The lowest BCUT2D eigenvalue weighted by atomic mass is 9.89. The van der Waals surface area contributed by atoms with Gasteiger partial charge in [0, 0.05) is 0 Å². The van der Waals surface area contributed by atoms with Gasteiger partial charge in [-0.05, 0) is 74.8 Å². The van der Waals surface area contributed by atoms with E-state index in [1.807, 2.05) is 20.8 Å². The largest absolute Gasteiger partial charge is 0.481 e. The zero-order valence-corrected chi connectivity index (χ0v) is 17.7. The lowest BCUT2D eigenvalue weighted by molar-refractivity contribution is -0.159. The number of hydrogen-bond donors (Lipinski definition) is 2. The Morgan fingerprint density at radius 1 is 1.30 bits per heavy atom. The van der Waals surface area contributed by atoms with Gasteiger partial charge in [-0.2, -0.15) is 0 Å². The molecule has 0 saturated carbocycles. The van der Waals surface area contributed by atoms with Crippen molar-refractivity contribution in [3.63, 3.8) is 0 Å². The van der Waals surface area contributed by atoms with Crippen LogP contribution in [-0.4, -0.2) is 23.5 Å². The van der Waals surface area contributed by atoms with Crippen molar-refractivity contribution in [3.05, 3.63) is 59.2 Å². The number of rotatable bonds is 5. The van der Waals surface area contributed by atoms with E-state index in [4.69, 9.17) is 20.9 Å². The average molecular weight is 408 g/mol. The molecule has 4 rings (SSSR count). The second kappa shape index (κ2) is 7.76. The number of benzene rings is 2. The Morgan fingerprint density at radius 3 is 2.87 bits per heavy atom. The molecule has 0 radical (unpaired) electrons. The van der Waals surface area contributed by atoms with Crippen LogP contribution in [0.15, 0.2) is 47.5 Å². The molecule has 6 heteroatoms. The van der Waals surface area contributed by atoms with Crippen molar-refractivity contribution in [1.29, 1.82) is 0 Å². The van der Waals surface area contributed by atoms with Gasteiger partial charge in [0.15, 0.2) is 6.10 Å². The maximum Gasteiger partial charge on any atom is 0.328 e. The SMILES string of the molecule is CC1Oc2ccc(C(N)C(=O)OC(C)(C)CC3CCc4ccccc43)cc2N=C1N. The van der Waals surface area contributed by atoms with E-state index in [0.717, 1.165) is 19.3 Å². The number of carbonyl (C=O) groups excluding carboxylic acids is 1. The summed E-state index contributed by atoms with van der Waals surface area (Å²) >= 11 is 0. The van der Waals surface area contributed by atoms with Crippen molar-refractivity contribution >= 4 is 17.5 Å². The van der Waals surface area contributed by atoms with Crippen LogP contribution in [0.4, 0.5) is 5.69 Å². The van der Waals surface area contributed by atoms with Crippen LogP contribution in [0.1, 0.15) is 62.3 Å². The van der Waals surface area contributed by atoms with Crippen LogP contribution in [0.3, 0.4) is 0 Å². The molecule has 30 heavy (non-hydrogen) atoms. The van der Waals surface area contributed by atoms with Gasteiger partial charge in [-0.25, -0.2) is 9.79 Å². The first-order valence-electron chi connectivity index (χ1n) is 10.4. The lowest BCUT2D eigenvalue weighted by Gasteiger charge is -2.30. The quantitative estimate of drug-likeness (QED) is 0.732. The maximum absolute atomic E-state index is 12.8. The van der Waals surface area contributed by atoms with E-state index in [0.29, 0.717) is 28.8 Å². The smallest absolute Gasteiger partial charge is 0.328 e. The fraction of sp³-hybridized carbons (Fsp3) is 0.417. The molecule has 1 aliphatic carbocycles. The summed E-state index contributed by atoms with van der Waals surface area (Å²) in [5.74, 6) is 0.962. The van der Waals surface area contributed by atoms with Crippen molar-refractivity contribution in [3.8, 4) is 5.75 Å². The van der Waals surface area contributed by atoms with Gasteiger partial charge in [0.25, 0.3) is 0 Å². The van der Waals surface area contributed by atoms with Gasteiger partial charge >= 0.3 is 5.97 Å². The first-order chi connectivity index (χ1) is 14.2. The number of hydrogen-bond acceptors (Lipinski definition) is 6. The molecule has 0 spiro atoms. The normalized spacial score (nSPS) is 21.1. The van der Waals surface area contributed by atoms with E-state index < -0.39 is 17.6 Å². The minimum Gasteiger partial charge on any atom is -0.481 e. The van der Waals surface area contributed by atoms with E-state index in [-0.39, 0.29) is 6.10 Å². The van der Waals surface area contributed by atoms with Gasteiger partial charge < -0.3 is 20.9 Å². The Kier molecular flexibility index (Phi) is 5.28. The van der Waals surface area contributed by atoms with Crippen LogP contribution in [0.5, 0.6) is 5.75 Å². The fourth-order valence-corrected chi connectivity index (χ4v) is 4.36. The highest BCUT2D eigenvalue weighted by molar-refractivity contribution is 5.90. The standard InChI is InChI=1S/C24H29N3O3/c1-14-22(26)27-19-12-16(10-11-20(19)29-14)21(25)23(28)30-24(2,3)13-17-9-8-15-6-4-5-7-18(15)17/h4-7,10-12,14,17,21H,8-9,13,25H2,1-3H3,(H2,26,27). The highest BCUT2D eigenvalue weighted by atomic mass is 16.6. The number of nitrogens with two attached hydrogens (primary N) is 2.